The zero-order valence-electron chi connectivity index (χ0n) is 23.8. The molecule has 0 aliphatic rings. The fourth-order valence-electron chi connectivity index (χ4n) is 6.48. The summed E-state index contributed by atoms with van der Waals surface area (Å²) in [5.41, 5.74) is 7.73. The first-order valence-electron chi connectivity index (χ1n) is 14.9. The van der Waals surface area contributed by atoms with E-state index in [1.54, 1.807) is 0 Å². The Balaban J connectivity index is 1.19. The smallest absolute Gasteiger partial charge is 0.0972 e. The van der Waals surface area contributed by atoms with Crippen molar-refractivity contribution in [2.24, 2.45) is 0 Å². The standard InChI is InChI=1S/C41H25N3/c1-2-8-26(9-3-1)37-21-19-30(25-42-37)39-23-18-28-15-14-27-17-22-38(43-40(27)41(28)44-39)29-16-20-35-33-12-5-4-10-31(33)32-11-6-7-13-34(32)36(35)24-29/h1-25H. The van der Waals surface area contributed by atoms with Crippen LogP contribution in [-0.4, -0.2) is 15.0 Å². The molecule has 0 N–H and O–H groups in total. The fourth-order valence-corrected chi connectivity index (χ4v) is 6.48. The van der Waals surface area contributed by atoms with Gasteiger partial charge in [0.15, 0.2) is 0 Å². The molecular formula is C41H25N3. The molecule has 0 radical (unpaired) electrons. The minimum atomic E-state index is 0.883. The normalized spacial score (nSPS) is 11.6. The maximum Gasteiger partial charge on any atom is 0.0972 e. The molecule has 0 unspecified atom stereocenters. The minimum absolute atomic E-state index is 0.883. The number of benzene rings is 6. The monoisotopic (exact) mass is 559 g/mol. The molecule has 0 spiro atoms. The van der Waals surface area contributed by atoms with Gasteiger partial charge in [0.05, 0.1) is 28.1 Å². The molecule has 0 fully saturated rings. The van der Waals surface area contributed by atoms with Crippen LogP contribution in [0.5, 0.6) is 0 Å². The molecule has 0 aliphatic heterocycles. The van der Waals surface area contributed by atoms with Gasteiger partial charge in [-0.1, -0.05) is 115 Å². The van der Waals surface area contributed by atoms with E-state index in [-0.39, 0.29) is 0 Å². The molecule has 6 aromatic carbocycles. The van der Waals surface area contributed by atoms with Gasteiger partial charge in [-0.05, 0) is 62.6 Å². The Labute approximate surface area is 254 Å². The molecule has 0 saturated heterocycles. The number of nitrogens with zero attached hydrogens (tertiary/aromatic N) is 3. The summed E-state index contributed by atoms with van der Waals surface area (Å²) in [5.74, 6) is 0. The van der Waals surface area contributed by atoms with Crippen molar-refractivity contribution < 1.29 is 0 Å². The van der Waals surface area contributed by atoms with Crippen LogP contribution in [-0.2, 0) is 0 Å². The Kier molecular flexibility index (Phi) is 5.50. The molecule has 3 heterocycles. The number of pyridine rings is 3. The van der Waals surface area contributed by atoms with Crippen molar-refractivity contribution >= 4 is 54.1 Å². The number of rotatable bonds is 3. The predicted molar refractivity (Wildman–Crippen MR) is 184 cm³/mol. The lowest BCUT2D eigenvalue weighted by molar-refractivity contribution is 1.30. The quantitative estimate of drug-likeness (QED) is 0.202. The van der Waals surface area contributed by atoms with E-state index in [0.717, 1.165) is 55.6 Å². The van der Waals surface area contributed by atoms with Gasteiger partial charge in [0.2, 0.25) is 0 Å². The molecule has 0 atom stereocenters. The highest BCUT2D eigenvalue weighted by atomic mass is 14.8. The Morgan fingerprint density at radius 3 is 1.39 bits per heavy atom. The third-order valence-electron chi connectivity index (χ3n) is 8.69. The van der Waals surface area contributed by atoms with Gasteiger partial charge in [0.25, 0.3) is 0 Å². The summed E-state index contributed by atoms with van der Waals surface area (Å²) in [5, 5.41) is 9.71. The Bertz CT molecular complexity index is 2500. The minimum Gasteiger partial charge on any atom is -0.256 e. The van der Waals surface area contributed by atoms with E-state index in [1.807, 2.05) is 24.4 Å². The summed E-state index contributed by atoms with van der Waals surface area (Å²) in [6.45, 7) is 0. The lowest BCUT2D eigenvalue weighted by Gasteiger charge is -2.12. The average molecular weight is 560 g/mol. The number of hydrogen-bond donors (Lipinski definition) is 0. The summed E-state index contributed by atoms with van der Waals surface area (Å²) in [6, 6.07) is 51.2. The Morgan fingerprint density at radius 1 is 0.318 bits per heavy atom. The lowest BCUT2D eigenvalue weighted by Crippen LogP contribution is -1.92. The van der Waals surface area contributed by atoms with Gasteiger partial charge in [-0.2, -0.15) is 0 Å². The van der Waals surface area contributed by atoms with Gasteiger partial charge in [-0.15, -0.1) is 0 Å². The molecule has 0 amide bonds. The van der Waals surface area contributed by atoms with Crippen molar-refractivity contribution in [2.45, 2.75) is 0 Å². The second-order valence-electron chi connectivity index (χ2n) is 11.3. The molecule has 0 saturated carbocycles. The van der Waals surface area contributed by atoms with E-state index in [1.165, 1.54) is 32.3 Å². The second kappa shape index (κ2) is 9.82. The van der Waals surface area contributed by atoms with Gasteiger partial charge in [-0.25, -0.2) is 9.97 Å². The van der Waals surface area contributed by atoms with Crippen LogP contribution < -0.4 is 0 Å². The Morgan fingerprint density at radius 2 is 0.795 bits per heavy atom. The fraction of sp³-hybridized carbons (Fsp3) is 0. The molecule has 3 aromatic heterocycles. The molecule has 44 heavy (non-hydrogen) atoms. The third kappa shape index (κ3) is 3.94. The lowest BCUT2D eigenvalue weighted by atomic mass is 9.93. The first kappa shape index (κ1) is 24.6. The summed E-state index contributed by atoms with van der Waals surface area (Å²) in [4.78, 5) is 15.1. The topological polar surface area (TPSA) is 38.7 Å². The van der Waals surface area contributed by atoms with Gasteiger partial charge in [0.1, 0.15) is 0 Å². The van der Waals surface area contributed by atoms with Crippen LogP contribution in [0.1, 0.15) is 0 Å². The van der Waals surface area contributed by atoms with Crippen LogP contribution in [0.3, 0.4) is 0 Å². The highest BCUT2D eigenvalue weighted by Crippen LogP contribution is 2.37. The van der Waals surface area contributed by atoms with E-state index in [4.69, 9.17) is 15.0 Å². The molecule has 0 bridgehead atoms. The van der Waals surface area contributed by atoms with Crippen molar-refractivity contribution in [3.8, 4) is 33.8 Å². The van der Waals surface area contributed by atoms with Crippen LogP contribution in [0, 0.1) is 0 Å². The molecule has 204 valence electrons. The molecule has 9 aromatic rings. The number of fused-ring (bicyclic) bond motifs is 9. The molecule has 3 nitrogen and oxygen atoms in total. The van der Waals surface area contributed by atoms with E-state index in [0.29, 0.717) is 0 Å². The van der Waals surface area contributed by atoms with Gasteiger partial charge < -0.3 is 0 Å². The molecule has 3 heteroatoms. The van der Waals surface area contributed by atoms with E-state index >= 15 is 0 Å². The van der Waals surface area contributed by atoms with Crippen molar-refractivity contribution in [1.82, 2.24) is 15.0 Å². The maximum absolute atomic E-state index is 5.23. The molecule has 0 aliphatic carbocycles. The van der Waals surface area contributed by atoms with Crippen molar-refractivity contribution in [1.29, 1.82) is 0 Å². The highest BCUT2D eigenvalue weighted by Gasteiger charge is 2.12. The van der Waals surface area contributed by atoms with Gasteiger partial charge in [-0.3, -0.25) is 4.98 Å². The van der Waals surface area contributed by atoms with E-state index < -0.39 is 0 Å². The summed E-state index contributed by atoms with van der Waals surface area (Å²) in [6.07, 6.45) is 1.91. The van der Waals surface area contributed by atoms with E-state index in [9.17, 15) is 0 Å². The van der Waals surface area contributed by atoms with Crippen molar-refractivity contribution in [2.75, 3.05) is 0 Å². The SMILES string of the molecule is c1ccc(-c2ccc(-c3ccc4ccc5ccc(-c6ccc7c8ccccc8c8ccccc8c7c6)nc5c4n3)cn2)cc1. The van der Waals surface area contributed by atoms with Crippen molar-refractivity contribution in [3.05, 3.63) is 152 Å². The predicted octanol–water partition coefficient (Wildman–Crippen LogP) is 10.6. The Hall–Kier alpha value is -5.93. The average Bonchev–Trinajstić information content (AvgIpc) is 3.11. The second-order valence-corrected chi connectivity index (χ2v) is 11.3. The first-order valence-corrected chi connectivity index (χ1v) is 14.9. The third-order valence-corrected chi connectivity index (χ3v) is 8.69. The zero-order chi connectivity index (χ0) is 29.0. The van der Waals surface area contributed by atoms with Crippen LogP contribution in [0.2, 0.25) is 0 Å². The van der Waals surface area contributed by atoms with Crippen molar-refractivity contribution in [3.63, 3.8) is 0 Å². The summed E-state index contributed by atoms with van der Waals surface area (Å²) < 4.78 is 0. The van der Waals surface area contributed by atoms with Crippen LogP contribution in [0.25, 0.3) is 87.9 Å². The summed E-state index contributed by atoms with van der Waals surface area (Å²) in [7, 11) is 0. The van der Waals surface area contributed by atoms with Gasteiger partial charge >= 0.3 is 0 Å². The van der Waals surface area contributed by atoms with Crippen LogP contribution in [0.15, 0.2) is 152 Å². The molecular weight excluding hydrogens is 534 g/mol. The summed E-state index contributed by atoms with van der Waals surface area (Å²) >= 11 is 0. The number of aromatic nitrogens is 3. The number of hydrogen-bond acceptors (Lipinski definition) is 3. The largest absolute Gasteiger partial charge is 0.256 e. The van der Waals surface area contributed by atoms with Crippen LogP contribution in [0.4, 0.5) is 0 Å². The van der Waals surface area contributed by atoms with E-state index in [2.05, 4.69) is 127 Å². The molecule has 9 rings (SSSR count). The maximum atomic E-state index is 5.23. The highest BCUT2D eigenvalue weighted by molar-refractivity contribution is 6.25. The first-order chi connectivity index (χ1) is 21.8. The van der Waals surface area contributed by atoms with Crippen LogP contribution >= 0.6 is 0 Å². The van der Waals surface area contributed by atoms with Gasteiger partial charge in [0, 0.05) is 33.7 Å². The zero-order valence-corrected chi connectivity index (χ0v) is 23.8.